The Labute approximate surface area is 178 Å². The van der Waals surface area contributed by atoms with Crippen molar-refractivity contribution in [3.63, 3.8) is 0 Å². The highest BCUT2D eigenvalue weighted by atomic mass is 16.2. The van der Waals surface area contributed by atoms with Gasteiger partial charge in [0.05, 0.1) is 11.9 Å². The molecule has 1 aliphatic carbocycles. The second-order valence-electron chi connectivity index (χ2n) is 8.77. The van der Waals surface area contributed by atoms with Crippen LogP contribution in [0.5, 0.6) is 0 Å². The number of rotatable bonds is 6. The number of amides is 1. The summed E-state index contributed by atoms with van der Waals surface area (Å²) in [5.74, 6) is 2.64. The fourth-order valence-electron chi connectivity index (χ4n) is 4.74. The van der Waals surface area contributed by atoms with Gasteiger partial charge in [-0.2, -0.15) is 0 Å². The molecule has 1 saturated heterocycles. The predicted octanol–water partition coefficient (Wildman–Crippen LogP) is 4.30. The molecule has 2 aromatic heterocycles. The number of hydrogen-bond acceptors (Lipinski definition) is 6. The third-order valence-corrected chi connectivity index (χ3v) is 6.38. The van der Waals surface area contributed by atoms with Gasteiger partial charge in [-0.15, -0.1) is 0 Å². The lowest BCUT2D eigenvalue weighted by molar-refractivity contribution is -0.132. The minimum Gasteiger partial charge on any atom is -0.343 e. The van der Waals surface area contributed by atoms with Crippen LogP contribution in [0.25, 0.3) is 0 Å². The van der Waals surface area contributed by atoms with Gasteiger partial charge in [0.1, 0.15) is 0 Å². The lowest BCUT2D eigenvalue weighted by Gasteiger charge is -2.32. The molecule has 0 radical (unpaired) electrons. The Morgan fingerprint density at radius 2 is 1.73 bits per heavy atom. The van der Waals surface area contributed by atoms with E-state index in [2.05, 4.69) is 20.3 Å². The van der Waals surface area contributed by atoms with E-state index in [9.17, 15) is 4.79 Å². The number of carbonyl (C=O) groups excluding carboxylic acids is 1. The van der Waals surface area contributed by atoms with Crippen LogP contribution in [0.1, 0.15) is 74.4 Å². The monoisotopic (exact) mass is 408 g/mol. The first-order chi connectivity index (χ1) is 14.6. The van der Waals surface area contributed by atoms with Crippen molar-refractivity contribution < 1.29 is 4.79 Å². The zero-order chi connectivity index (χ0) is 20.9. The summed E-state index contributed by atoms with van der Waals surface area (Å²) in [6.45, 7) is 5.52. The van der Waals surface area contributed by atoms with E-state index >= 15 is 0 Å². The molecule has 1 saturated carbocycles. The molecule has 2 aromatic rings. The van der Waals surface area contributed by atoms with Gasteiger partial charge in [-0.25, -0.2) is 15.0 Å². The molecule has 3 heterocycles. The number of nitrogens with zero attached hydrogens (tertiary/aromatic N) is 5. The van der Waals surface area contributed by atoms with Gasteiger partial charge in [-0.05, 0) is 45.1 Å². The Morgan fingerprint density at radius 3 is 2.43 bits per heavy atom. The summed E-state index contributed by atoms with van der Waals surface area (Å²) in [5.41, 5.74) is 2.81. The van der Waals surface area contributed by atoms with E-state index < -0.39 is 0 Å². The zero-order valence-corrected chi connectivity index (χ0v) is 18.1. The average Bonchev–Trinajstić information content (AvgIpc) is 3.25. The molecule has 7 nitrogen and oxygen atoms in total. The molecule has 30 heavy (non-hydrogen) atoms. The molecule has 4 rings (SSSR count). The molecule has 1 aliphatic heterocycles. The van der Waals surface area contributed by atoms with Crippen molar-refractivity contribution in [3.8, 4) is 0 Å². The van der Waals surface area contributed by atoms with Gasteiger partial charge >= 0.3 is 0 Å². The molecule has 1 N–H and O–H groups in total. The largest absolute Gasteiger partial charge is 0.343 e. The number of aromatic nitrogens is 4. The second kappa shape index (κ2) is 9.49. The highest BCUT2D eigenvalue weighted by molar-refractivity contribution is 5.76. The van der Waals surface area contributed by atoms with Gasteiger partial charge in [-0.3, -0.25) is 9.78 Å². The number of piperidine rings is 1. The van der Waals surface area contributed by atoms with Crippen LogP contribution >= 0.6 is 0 Å². The first-order valence-electron chi connectivity index (χ1n) is 11.3. The molecule has 0 atom stereocenters. The number of nitrogens with one attached hydrogen (secondary N) is 1. The zero-order valence-electron chi connectivity index (χ0n) is 18.1. The third-order valence-electron chi connectivity index (χ3n) is 6.38. The fourth-order valence-corrected chi connectivity index (χ4v) is 4.74. The van der Waals surface area contributed by atoms with Crippen molar-refractivity contribution in [2.75, 3.05) is 18.4 Å². The first kappa shape index (κ1) is 20.7. The summed E-state index contributed by atoms with van der Waals surface area (Å²) >= 11 is 0. The topological polar surface area (TPSA) is 83.9 Å². The summed E-state index contributed by atoms with van der Waals surface area (Å²) in [6, 6.07) is 1.94. The van der Waals surface area contributed by atoms with Gasteiger partial charge < -0.3 is 10.2 Å². The number of carbonyl (C=O) groups is 1. The molecule has 2 aliphatic rings. The SMILES string of the molecule is Cc1cc(C)nc(Nc2cncc(C3CCN(C(=O)CCC4CCCC4)CC3)n2)n1. The maximum atomic E-state index is 12.6. The van der Waals surface area contributed by atoms with Crippen LogP contribution in [0.3, 0.4) is 0 Å². The van der Waals surface area contributed by atoms with Crippen LogP contribution < -0.4 is 5.32 Å². The quantitative estimate of drug-likeness (QED) is 0.767. The normalized spacial score (nSPS) is 18.0. The third kappa shape index (κ3) is 5.32. The highest BCUT2D eigenvalue weighted by Crippen LogP contribution is 2.30. The van der Waals surface area contributed by atoms with E-state index in [1.165, 1.54) is 25.7 Å². The molecule has 2 fully saturated rings. The van der Waals surface area contributed by atoms with Crippen LogP contribution in [0.4, 0.5) is 11.8 Å². The van der Waals surface area contributed by atoms with Crippen molar-refractivity contribution >= 4 is 17.7 Å². The van der Waals surface area contributed by atoms with Gasteiger partial charge in [-0.1, -0.05) is 25.7 Å². The Kier molecular flexibility index (Phi) is 6.55. The van der Waals surface area contributed by atoms with Gasteiger partial charge in [0.2, 0.25) is 11.9 Å². The summed E-state index contributed by atoms with van der Waals surface area (Å²) in [4.78, 5) is 32.6. The van der Waals surface area contributed by atoms with Crippen LogP contribution in [-0.4, -0.2) is 43.8 Å². The van der Waals surface area contributed by atoms with Crippen molar-refractivity contribution in [2.24, 2.45) is 5.92 Å². The van der Waals surface area contributed by atoms with Gasteiger partial charge in [0, 0.05) is 43.0 Å². The highest BCUT2D eigenvalue weighted by Gasteiger charge is 2.26. The lowest BCUT2D eigenvalue weighted by Crippen LogP contribution is -2.38. The van der Waals surface area contributed by atoms with Crippen LogP contribution in [-0.2, 0) is 4.79 Å². The molecular formula is C23H32N6O. The summed E-state index contributed by atoms with van der Waals surface area (Å²) in [7, 11) is 0. The molecule has 160 valence electrons. The first-order valence-corrected chi connectivity index (χ1v) is 11.3. The van der Waals surface area contributed by atoms with E-state index in [-0.39, 0.29) is 0 Å². The number of hydrogen-bond donors (Lipinski definition) is 1. The smallest absolute Gasteiger partial charge is 0.228 e. The maximum Gasteiger partial charge on any atom is 0.228 e. The Balaban J connectivity index is 1.31. The number of aryl methyl sites for hydroxylation is 2. The van der Waals surface area contributed by atoms with Crippen LogP contribution in [0.15, 0.2) is 18.5 Å². The van der Waals surface area contributed by atoms with E-state index in [0.717, 1.165) is 55.4 Å². The maximum absolute atomic E-state index is 12.6. The van der Waals surface area contributed by atoms with Crippen molar-refractivity contribution in [2.45, 2.75) is 71.1 Å². The molecular weight excluding hydrogens is 376 g/mol. The molecule has 0 spiro atoms. The Hall–Kier alpha value is -2.57. The summed E-state index contributed by atoms with van der Waals surface area (Å²) < 4.78 is 0. The van der Waals surface area contributed by atoms with Crippen molar-refractivity contribution in [1.29, 1.82) is 0 Å². The summed E-state index contributed by atoms with van der Waals surface area (Å²) in [6.07, 6.45) is 12.5. The minimum absolute atomic E-state index is 0.328. The lowest BCUT2D eigenvalue weighted by atomic mass is 9.93. The van der Waals surface area contributed by atoms with E-state index in [1.54, 1.807) is 6.20 Å². The van der Waals surface area contributed by atoms with E-state index in [1.807, 2.05) is 31.0 Å². The van der Waals surface area contributed by atoms with Crippen LogP contribution in [0, 0.1) is 19.8 Å². The average molecular weight is 409 g/mol. The Morgan fingerprint density at radius 1 is 1.03 bits per heavy atom. The molecule has 1 amide bonds. The molecule has 7 heteroatoms. The van der Waals surface area contributed by atoms with E-state index in [0.29, 0.717) is 30.0 Å². The minimum atomic E-state index is 0.328. The standard InChI is InChI=1S/C23H32N6O/c1-16-13-17(2)26-23(25-16)28-21-15-24-14-20(27-21)19-9-11-29(12-10-19)22(30)8-7-18-5-3-4-6-18/h13-15,18-19H,3-12H2,1-2H3,(H,25,26,27,28). The Bertz CT molecular complexity index is 851. The van der Waals surface area contributed by atoms with Crippen molar-refractivity contribution in [3.05, 3.63) is 35.5 Å². The fraction of sp³-hybridized carbons (Fsp3) is 0.609. The van der Waals surface area contributed by atoms with Crippen LogP contribution in [0.2, 0.25) is 0 Å². The molecule has 0 aromatic carbocycles. The van der Waals surface area contributed by atoms with Gasteiger partial charge in [0.15, 0.2) is 5.82 Å². The number of likely N-dealkylation sites (tertiary alicyclic amines) is 1. The predicted molar refractivity (Wildman–Crippen MR) is 117 cm³/mol. The van der Waals surface area contributed by atoms with Gasteiger partial charge in [0.25, 0.3) is 0 Å². The summed E-state index contributed by atoms with van der Waals surface area (Å²) in [5, 5.41) is 3.18. The second-order valence-corrected chi connectivity index (χ2v) is 8.77. The molecule has 0 bridgehead atoms. The number of anilines is 2. The molecule has 0 unspecified atom stereocenters. The van der Waals surface area contributed by atoms with Crippen molar-refractivity contribution in [1.82, 2.24) is 24.8 Å². The van der Waals surface area contributed by atoms with E-state index in [4.69, 9.17) is 4.98 Å².